The number of piperidine rings is 1. The Kier molecular flexibility index (Phi) is 4.20. The van der Waals surface area contributed by atoms with Gasteiger partial charge in [0.15, 0.2) is 0 Å². The molecule has 1 amide bonds. The molecule has 2 heterocycles. The summed E-state index contributed by atoms with van der Waals surface area (Å²) >= 11 is 0. The van der Waals surface area contributed by atoms with Crippen molar-refractivity contribution in [3.8, 4) is 0 Å². The van der Waals surface area contributed by atoms with E-state index in [1.807, 2.05) is 24.0 Å². The van der Waals surface area contributed by atoms with E-state index in [1.54, 1.807) is 6.26 Å². The quantitative estimate of drug-likeness (QED) is 0.866. The average Bonchev–Trinajstić information content (AvgIpc) is 2.89. The van der Waals surface area contributed by atoms with E-state index in [4.69, 9.17) is 4.42 Å². The fraction of sp³-hybridized carbons (Fsp3) is 0.615. The van der Waals surface area contributed by atoms with Crippen molar-refractivity contribution in [1.82, 2.24) is 10.2 Å². The van der Waals surface area contributed by atoms with Crippen molar-refractivity contribution in [2.24, 2.45) is 0 Å². The molecule has 1 aliphatic heterocycles. The zero-order valence-corrected chi connectivity index (χ0v) is 10.3. The van der Waals surface area contributed by atoms with E-state index in [1.165, 1.54) is 6.42 Å². The highest BCUT2D eigenvalue weighted by molar-refractivity contribution is 5.81. The standard InChI is InChI=1S/C13H20N2O2/c1-2-15(10-11-6-5-9-17-11)13(16)12-7-3-4-8-14-12/h5-6,9,12,14H,2-4,7-8,10H2,1H3/t12-/m0/s1. The Morgan fingerprint density at radius 1 is 1.59 bits per heavy atom. The molecule has 0 unspecified atom stereocenters. The molecule has 0 saturated carbocycles. The Balaban J connectivity index is 1.94. The minimum absolute atomic E-state index is 0.00124. The normalized spacial score (nSPS) is 20.2. The number of nitrogens with one attached hydrogen (secondary N) is 1. The Bertz CT molecular complexity index is 342. The maximum Gasteiger partial charge on any atom is 0.240 e. The van der Waals surface area contributed by atoms with Gasteiger partial charge in [-0.05, 0) is 38.4 Å². The first-order valence-corrected chi connectivity index (χ1v) is 6.36. The number of rotatable bonds is 4. The van der Waals surface area contributed by atoms with Gasteiger partial charge in [0.25, 0.3) is 0 Å². The number of hydrogen-bond acceptors (Lipinski definition) is 3. The maximum absolute atomic E-state index is 12.3. The Morgan fingerprint density at radius 3 is 3.06 bits per heavy atom. The van der Waals surface area contributed by atoms with Crippen LogP contribution in [0.25, 0.3) is 0 Å². The van der Waals surface area contributed by atoms with Gasteiger partial charge in [-0.25, -0.2) is 0 Å². The van der Waals surface area contributed by atoms with E-state index in [0.717, 1.165) is 31.7 Å². The van der Waals surface area contributed by atoms with Gasteiger partial charge in [0.2, 0.25) is 5.91 Å². The fourth-order valence-corrected chi connectivity index (χ4v) is 2.22. The van der Waals surface area contributed by atoms with E-state index in [9.17, 15) is 4.79 Å². The average molecular weight is 236 g/mol. The lowest BCUT2D eigenvalue weighted by molar-refractivity contribution is -0.134. The molecule has 0 aliphatic carbocycles. The van der Waals surface area contributed by atoms with E-state index in [-0.39, 0.29) is 11.9 Å². The smallest absolute Gasteiger partial charge is 0.240 e. The van der Waals surface area contributed by atoms with Crippen molar-refractivity contribution in [2.45, 2.75) is 38.8 Å². The molecule has 1 fully saturated rings. The second-order valence-corrected chi connectivity index (χ2v) is 4.43. The SMILES string of the molecule is CCN(Cc1ccco1)C(=O)[C@@H]1CCCCN1. The van der Waals surface area contributed by atoms with Gasteiger partial charge in [0, 0.05) is 6.54 Å². The number of carbonyl (C=O) groups is 1. The second kappa shape index (κ2) is 5.87. The second-order valence-electron chi connectivity index (χ2n) is 4.43. The maximum atomic E-state index is 12.3. The first kappa shape index (κ1) is 12.2. The highest BCUT2D eigenvalue weighted by atomic mass is 16.3. The summed E-state index contributed by atoms with van der Waals surface area (Å²) in [4.78, 5) is 14.1. The molecule has 1 saturated heterocycles. The highest BCUT2D eigenvalue weighted by Crippen LogP contribution is 2.12. The van der Waals surface area contributed by atoms with Gasteiger partial charge in [0.05, 0.1) is 18.8 Å². The number of furan rings is 1. The molecule has 1 N–H and O–H groups in total. The van der Waals surface area contributed by atoms with Gasteiger partial charge in [-0.2, -0.15) is 0 Å². The van der Waals surface area contributed by atoms with Crippen LogP contribution in [0.4, 0.5) is 0 Å². The molecule has 0 bridgehead atoms. The van der Waals surface area contributed by atoms with Crippen molar-refractivity contribution in [2.75, 3.05) is 13.1 Å². The lowest BCUT2D eigenvalue weighted by Crippen LogP contribution is -2.48. The molecule has 4 nitrogen and oxygen atoms in total. The predicted molar refractivity (Wildman–Crippen MR) is 65.4 cm³/mol. The van der Waals surface area contributed by atoms with Crippen molar-refractivity contribution in [3.05, 3.63) is 24.2 Å². The molecule has 2 rings (SSSR count). The Hall–Kier alpha value is -1.29. The van der Waals surface area contributed by atoms with Crippen LogP contribution < -0.4 is 5.32 Å². The number of amides is 1. The molecular weight excluding hydrogens is 216 g/mol. The zero-order chi connectivity index (χ0) is 12.1. The monoisotopic (exact) mass is 236 g/mol. The molecule has 0 spiro atoms. The van der Waals surface area contributed by atoms with Gasteiger partial charge >= 0.3 is 0 Å². The van der Waals surface area contributed by atoms with Crippen LogP contribution in [0.15, 0.2) is 22.8 Å². The highest BCUT2D eigenvalue weighted by Gasteiger charge is 2.25. The minimum atomic E-state index is -0.00124. The third-order valence-corrected chi connectivity index (χ3v) is 3.23. The summed E-state index contributed by atoms with van der Waals surface area (Å²) in [5, 5.41) is 3.29. The van der Waals surface area contributed by atoms with Gasteiger partial charge in [0.1, 0.15) is 5.76 Å². The summed E-state index contributed by atoms with van der Waals surface area (Å²) in [5.41, 5.74) is 0. The summed E-state index contributed by atoms with van der Waals surface area (Å²) < 4.78 is 5.29. The van der Waals surface area contributed by atoms with E-state index >= 15 is 0 Å². The predicted octanol–water partition coefficient (Wildman–Crippen LogP) is 1.77. The molecule has 17 heavy (non-hydrogen) atoms. The van der Waals surface area contributed by atoms with Crippen LogP contribution in [-0.4, -0.2) is 29.9 Å². The van der Waals surface area contributed by atoms with Crippen LogP contribution in [0.5, 0.6) is 0 Å². The zero-order valence-electron chi connectivity index (χ0n) is 10.3. The molecule has 94 valence electrons. The summed E-state index contributed by atoms with van der Waals surface area (Å²) in [6.07, 6.45) is 4.91. The van der Waals surface area contributed by atoms with Crippen LogP contribution in [0, 0.1) is 0 Å². The lowest BCUT2D eigenvalue weighted by atomic mass is 10.0. The molecular formula is C13H20N2O2. The van der Waals surface area contributed by atoms with Crippen LogP contribution in [0.1, 0.15) is 31.9 Å². The molecule has 1 atom stereocenters. The molecule has 1 aromatic rings. The van der Waals surface area contributed by atoms with Crippen molar-refractivity contribution < 1.29 is 9.21 Å². The molecule has 1 aliphatic rings. The summed E-state index contributed by atoms with van der Waals surface area (Å²) in [6.45, 7) is 4.25. The molecule has 4 heteroatoms. The van der Waals surface area contributed by atoms with Gasteiger partial charge in [-0.15, -0.1) is 0 Å². The number of hydrogen-bond donors (Lipinski definition) is 1. The molecule has 0 aromatic carbocycles. The fourth-order valence-electron chi connectivity index (χ4n) is 2.22. The summed E-state index contributed by atoms with van der Waals surface area (Å²) in [7, 11) is 0. The van der Waals surface area contributed by atoms with E-state index in [0.29, 0.717) is 6.54 Å². The van der Waals surface area contributed by atoms with Crippen molar-refractivity contribution in [3.63, 3.8) is 0 Å². The van der Waals surface area contributed by atoms with Crippen LogP contribution in [0.2, 0.25) is 0 Å². The largest absolute Gasteiger partial charge is 0.467 e. The number of likely N-dealkylation sites (N-methyl/N-ethyl adjacent to an activating group) is 1. The van der Waals surface area contributed by atoms with Gasteiger partial charge < -0.3 is 14.6 Å². The number of carbonyl (C=O) groups excluding carboxylic acids is 1. The van der Waals surface area contributed by atoms with Gasteiger partial charge in [-0.1, -0.05) is 6.42 Å². The van der Waals surface area contributed by atoms with Crippen LogP contribution >= 0.6 is 0 Å². The third kappa shape index (κ3) is 3.09. The number of nitrogens with zero attached hydrogens (tertiary/aromatic N) is 1. The first-order valence-electron chi connectivity index (χ1n) is 6.36. The Morgan fingerprint density at radius 2 is 2.47 bits per heavy atom. The minimum Gasteiger partial charge on any atom is -0.467 e. The van der Waals surface area contributed by atoms with Gasteiger partial charge in [-0.3, -0.25) is 4.79 Å². The topological polar surface area (TPSA) is 45.5 Å². The summed E-state index contributed by atoms with van der Waals surface area (Å²) in [6, 6.07) is 3.76. The van der Waals surface area contributed by atoms with E-state index < -0.39 is 0 Å². The molecule has 1 aromatic heterocycles. The van der Waals surface area contributed by atoms with Crippen LogP contribution in [0.3, 0.4) is 0 Å². The van der Waals surface area contributed by atoms with E-state index in [2.05, 4.69) is 5.32 Å². The van der Waals surface area contributed by atoms with Crippen molar-refractivity contribution in [1.29, 1.82) is 0 Å². The summed E-state index contributed by atoms with van der Waals surface area (Å²) in [5.74, 6) is 1.04. The Labute approximate surface area is 102 Å². The molecule has 0 radical (unpaired) electrons. The lowest BCUT2D eigenvalue weighted by Gasteiger charge is -2.28. The van der Waals surface area contributed by atoms with Crippen LogP contribution in [-0.2, 0) is 11.3 Å². The van der Waals surface area contributed by atoms with Crippen molar-refractivity contribution >= 4 is 5.91 Å². The first-order chi connectivity index (χ1) is 8.31. The third-order valence-electron chi connectivity index (χ3n) is 3.23.